The molecule has 5 nitrogen and oxygen atoms in total. The zero-order chi connectivity index (χ0) is 20.6. The molecule has 2 aromatic heterocycles. The highest BCUT2D eigenvalue weighted by Crippen LogP contribution is 2.43. The van der Waals surface area contributed by atoms with Gasteiger partial charge < -0.3 is 9.30 Å². The summed E-state index contributed by atoms with van der Waals surface area (Å²) in [5.74, 6) is 0.303. The van der Waals surface area contributed by atoms with Crippen LogP contribution in [0.15, 0.2) is 54.9 Å². The van der Waals surface area contributed by atoms with E-state index in [2.05, 4.69) is 25.4 Å². The van der Waals surface area contributed by atoms with Gasteiger partial charge in [0.2, 0.25) is 5.91 Å². The van der Waals surface area contributed by atoms with Crippen molar-refractivity contribution in [2.24, 2.45) is 0 Å². The number of aromatic nitrogens is 2. The van der Waals surface area contributed by atoms with Crippen LogP contribution in [0.2, 0.25) is 5.02 Å². The second kappa shape index (κ2) is 8.05. The van der Waals surface area contributed by atoms with E-state index in [0.717, 1.165) is 74.6 Å². The topological polar surface area (TPSA) is 40.9 Å². The maximum Gasteiger partial charge on any atom is 0.233 e. The number of rotatable bonds is 4. The largest absolute Gasteiger partial charge is 0.339 e. The third-order valence-electron chi connectivity index (χ3n) is 6.80. The average molecular weight is 423 g/mol. The van der Waals surface area contributed by atoms with E-state index in [1.807, 2.05) is 48.7 Å². The first-order chi connectivity index (χ1) is 14.7. The van der Waals surface area contributed by atoms with Crippen LogP contribution in [-0.2, 0) is 16.8 Å². The molecule has 3 aromatic rings. The van der Waals surface area contributed by atoms with Gasteiger partial charge in [-0.3, -0.25) is 9.69 Å². The summed E-state index contributed by atoms with van der Waals surface area (Å²) in [6.07, 6.45) is 8.13. The number of fused-ring (bicyclic) bond motifs is 1. The Balaban J connectivity index is 1.27. The maximum absolute atomic E-state index is 13.7. The number of carbonyl (C=O) groups is 1. The van der Waals surface area contributed by atoms with Gasteiger partial charge >= 0.3 is 0 Å². The summed E-state index contributed by atoms with van der Waals surface area (Å²) in [5, 5.41) is 0.723. The first-order valence-corrected chi connectivity index (χ1v) is 11.2. The Morgan fingerprint density at radius 1 is 1.00 bits per heavy atom. The van der Waals surface area contributed by atoms with Crippen molar-refractivity contribution < 1.29 is 4.79 Å². The van der Waals surface area contributed by atoms with Crippen LogP contribution in [-0.4, -0.2) is 51.3 Å². The van der Waals surface area contributed by atoms with Gasteiger partial charge in [0, 0.05) is 43.9 Å². The molecule has 3 heterocycles. The minimum atomic E-state index is -0.367. The number of piperazine rings is 1. The third kappa shape index (κ3) is 3.50. The quantitative estimate of drug-likeness (QED) is 0.634. The molecule has 0 bridgehead atoms. The van der Waals surface area contributed by atoms with Crippen LogP contribution in [0.4, 0.5) is 0 Å². The summed E-state index contributed by atoms with van der Waals surface area (Å²) in [5.41, 5.74) is 2.93. The van der Waals surface area contributed by atoms with Crippen molar-refractivity contribution in [2.75, 3.05) is 26.2 Å². The van der Waals surface area contributed by atoms with E-state index in [4.69, 9.17) is 11.6 Å². The Hall–Kier alpha value is -2.37. The van der Waals surface area contributed by atoms with Crippen LogP contribution < -0.4 is 0 Å². The number of nitrogens with zero attached hydrogens (tertiary/aromatic N) is 4. The van der Waals surface area contributed by atoms with E-state index in [1.54, 1.807) is 0 Å². The molecule has 5 rings (SSSR count). The zero-order valence-corrected chi connectivity index (χ0v) is 17.9. The number of halogens is 1. The van der Waals surface area contributed by atoms with Gasteiger partial charge in [0.25, 0.3) is 0 Å². The summed E-state index contributed by atoms with van der Waals surface area (Å²) >= 11 is 6.10. The molecule has 2 aliphatic rings. The molecule has 6 heteroatoms. The number of hydrogen-bond acceptors (Lipinski definition) is 3. The van der Waals surface area contributed by atoms with Gasteiger partial charge in [-0.1, -0.05) is 42.6 Å². The molecule has 0 atom stereocenters. The standard InChI is InChI=1S/C24H27ClN4O/c25-20-8-6-19(7-9-20)24(10-2-3-11-24)23(30)28-15-13-27(14-16-28)18-21-17-26-22-5-1-4-12-29(21)22/h1,4-9,12,17H,2-3,10-11,13-16,18H2. The van der Waals surface area contributed by atoms with Crippen LogP contribution in [0, 0.1) is 0 Å². The monoisotopic (exact) mass is 422 g/mol. The normalized spacial score (nSPS) is 19.4. The fraction of sp³-hybridized carbons (Fsp3) is 0.417. The predicted octanol–water partition coefficient (Wildman–Crippen LogP) is 4.14. The number of benzene rings is 1. The molecule has 2 fully saturated rings. The van der Waals surface area contributed by atoms with Gasteiger partial charge in [0.05, 0.1) is 17.3 Å². The Bertz CT molecular complexity index is 1030. The second-order valence-corrected chi connectivity index (χ2v) is 8.98. The van der Waals surface area contributed by atoms with Crippen molar-refractivity contribution in [1.82, 2.24) is 19.2 Å². The summed E-state index contributed by atoms with van der Waals surface area (Å²) in [4.78, 5) is 22.7. The third-order valence-corrected chi connectivity index (χ3v) is 7.05. The van der Waals surface area contributed by atoms with Gasteiger partial charge in [-0.05, 0) is 42.7 Å². The van der Waals surface area contributed by atoms with E-state index in [-0.39, 0.29) is 5.41 Å². The number of amides is 1. The van der Waals surface area contributed by atoms with Crippen molar-refractivity contribution in [2.45, 2.75) is 37.6 Å². The molecule has 1 aliphatic carbocycles. The van der Waals surface area contributed by atoms with Crippen LogP contribution in [0.1, 0.15) is 36.9 Å². The minimum absolute atomic E-state index is 0.303. The highest BCUT2D eigenvalue weighted by atomic mass is 35.5. The lowest BCUT2D eigenvalue weighted by Crippen LogP contribution is -2.53. The molecule has 0 radical (unpaired) electrons. The summed E-state index contributed by atoms with van der Waals surface area (Å²) < 4.78 is 2.14. The Morgan fingerprint density at radius 3 is 2.47 bits per heavy atom. The molecule has 30 heavy (non-hydrogen) atoms. The molecular formula is C24H27ClN4O. The van der Waals surface area contributed by atoms with Crippen molar-refractivity contribution in [3.05, 3.63) is 71.1 Å². The molecule has 0 N–H and O–H groups in total. The van der Waals surface area contributed by atoms with Gasteiger partial charge in [-0.15, -0.1) is 0 Å². The summed E-state index contributed by atoms with van der Waals surface area (Å²) in [6.45, 7) is 4.20. The molecule has 1 saturated heterocycles. The van der Waals surface area contributed by atoms with Crippen LogP contribution in [0.5, 0.6) is 0 Å². The van der Waals surface area contributed by atoms with E-state index < -0.39 is 0 Å². The minimum Gasteiger partial charge on any atom is -0.339 e. The first kappa shape index (κ1) is 19.6. The molecule has 0 spiro atoms. The van der Waals surface area contributed by atoms with Crippen molar-refractivity contribution >= 4 is 23.2 Å². The van der Waals surface area contributed by atoms with Crippen LogP contribution >= 0.6 is 11.6 Å². The second-order valence-electron chi connectivity index (χ2n) is 8.54. The van der Waals surface area contributed by atoms with Gasteiger partial charge in [0.1, 0.15) is 5.65 Å². The molecule has 0 unspecified atom stereocenters. The van der Waals surface area contributed by atoms with Crippen LogP contribution in [0.25, 0.3) is 5.65 Å². The Kier molecular flexibility index (Phi) is 5.25. The number of carbonyl (C=O) groups excluding carboxylic acids is 1. The zero-order valence-electron chi connectivity index (χ0n) is 17.1. The van der Waals surface area contributed by atoms with Crippen molar-refractivity contribution in [3.63, 3.8) is 0 Å². The molecular weight excluding hydrogens is 396 g/mol. The maximum atomic E-state index is 13.7. The lowest BCUT2D eigenvalue weighted by Gasteiger charge is -2.40. The van der Waals surface area contributed by atoms with E-state index in [0.29, 0.717) is 5.91 Å². The average Bonchev–Trinajstić information content (AvgIpc) is 3.43. The smallest absolute Gasteiger partial charge is 0.233 e. The van der Waals surface area contributed by atoms with Crippen LogP contribution in [0.3, 0.4) is 0 Å². The highest BCUT2D eigenvalue weighted by Gasteiger charge is 2.45. The lowest BCUT2D eigenvalue weighted by atomic mass is 9.77. The van der Waals surface area contributed by atoms with Gasteiger partial charge in [-0.2, -0.15) is 0 Å². The fourth-order valence-electron chi connectivity index (χ4n) is 5.12. The Morgan fingerprint density at radius 2 is 1.73 bits per heavy atom. The summed E-state index contributed by atoms with van der Waals surface area (Å²) in [7, 11) is 0. The number of pyridine rings is 1. The molecule has 1 saturated carbocycles. The molecule has 1 aromatic carbocycles. The first-order valence-electron chi connectivity index (χ1n) is 10.8. The van der Waals surface area contributed by atoms with E-state index >= 15 is 0 Å². The lowest BCUT2D eigenvalue weighted by molar-refractivity contribution is -0.139. The van der Waals surface area contributed by atoms with E-state index in [1.165, 1.54) is 5.69 Å². The summed E-state index contributed by atoms with van der Waals surface area (Å²) in [6, 6.07) is 14.0. The van der Waals surface area contributed by atoms with E-state index in [9.17, 15) is 4.79 Å². The fourth-order valence-corrected chi connectivity index (χ4v) is 5.24. The Labute approximate surface area is 182 Å². The van der Waals surface area contributed by atoms with Gasteiger partial charge in [0.15, 0.2) is 0 Å². The van der Waals surface area contributed by atoms with Crippen molar-refractivity contribution in [3.8, 4) is 0 Å². The molecule has 156 valence electrons. The number of imidazole rings is 1. The molecule has 1 aliphatic heterocycles. The highest BCUT2D eigenvalue weighted by molar-refractivity contribution is 6.30. The predicted molar refractivity (Wildman–Crippen MR) is 119 cm³/mol. The molecule has 1 amide bonds. The van der Waals surface area contributed by atoms with Gasteiger partial charge in [-0.25, -0.2) is 4.98 Å². The SMILES string of the molecule is O=C(N1CCN(Cc2cnc3ccccn23)CC1)C1(c2ccc(Cl)cc2)CCCC1. The number of hydrogen-bond donors (Lipinski definition) is 0. The van der Waals surface area contributed by atoms with Crippen molar-refractivity contribution in [1.29, 1.82) is 0 Å².